The van der Waals surface area contributed by atoms with Crippen molar-refractivity contribution in [3.05, 3.63) is 59.4 Å². The molecule has 0 aliphatic carbocycles. The molecule has 1 N–H and O–H groups in total. The van der Waals surface area contributed by atoms with Gasteiger partial charge >= 0.3 is 0 Å². The number of nitrogens with zero attached hydrogens (tertiary/aromatic N) is 6. The summed E-state index contributed by atoms with van der Waals surface area (Å²) in [6, 6.07) is 11.6. The highest BCUT2D eigenvalue weighted by atomic mass is 32.2. The maximum atomic E-state index is 13.0. The summed E-state index contributed by atoms with van der Waals surface area (Å²) in [5.41, 5.74) is 3.74. The van der Waals surface area contributed by atoms with Crippen LogP contribution in [0.3, 0.4) is 0 Å². The highest BCUT2D eigenvalue weighted by molar-refractivity contribution is 7.99. The van der Waals surface area contributed by atoms with E-state index in [2.05, 4.69) is 20.8 Å². The van der Waals surface area contributed by atoms with Crippen LogP contribution in [-0.4, -0.2) is 80.3 Å². The van der Waals surface area contributed by atoms with Gasteiger partial charge in [0.2, 0.25) is 17.0 Å². The summed E-state index contributed by atoms with van der Waals surface area (Å²) in [7, 11) is 0. The molecule has 1 saturated heterocycles. The standard InChI is InChI=1S/C23H26FN7O2S/c1-16-3-8-20(13-17(16)2)31-23(26-27-28-31)34-15-22(33)30-11-9-29(10-12-30)14-21(32)25-19-6-4-18(24)5-7-19/h3-8,13H,9-12,14-15H2,1-2H3,(H,25,32). The van der Waals surface area contributed by atoms with Gasteiger partial charge in [-0.15, -0.1) is 5.10 Å². The molecule has 1 aliphatic heterocycles. The molecule has 2 amide bonds. The van der Waals surface area contributed by atoms with Gasteiger partial charge in [0.15, 0.2) is 0 Å². The second-order valence-corrected chi connectivity index (χ2v) is 9.09. The average Bonchev–Trinajstić information content (AvgIpc) is 3.30. The monoisotopic (exact) mass is 483 g/mol. The Labute approximate surface area is 201 Å². The van der Waals surface area contributed by atoms with Crippen LogP contribution in [0.25, 0.3) is 5.69 Å². The molecule has 0 radical (unpaired) electrons. The number of anilines is 1. The minimum atomic E-state index is -0.348. The van der Waals surface area contributed by atoms with Crippen molar-refractivity contribution in [3.63, 3.8) is 0 Å². The van der Waals surface area contributed by atoms with E-state index in [1.54, 1.807) is 9.58 Å². The van der Waals surface area contributed by atoms with Crippen LogP contribution in [0.1, 0.15) is 11.1 Å². The van der Waals surface area contributed by atoms with Crippen LogP contribution in [0, 0.1) is 19.7 Å². The van der Waals surface area contributed by atoms with Gasteiger partial charge in [0, 0.05) is 31.9 Å². The Bertz CT molecular complexity index is 1160. The van der Waals surface area contributed by atoms with Crippen molar-refractivity contribution in [2.75, 3.05) is 43.8 Å². The van der Waals surface area contributed by atoms with E-state index in [0.29, 0.717) is 37.0 Å². The van der Waals surface area contributed by atoms with E-state index in [1.807, 2.05) is 36.9 Å². The molecule has 34 heavy (non-hydrogen) atoms. The van der Waals surface area contributed by atoms with E-state index in [1.165, 1.54) is 41.6 Å². The summed E-state index contributed by atoms with van der Waals surface area (Å²) in [6.07, 6.45) is 0. The number of amides is 2. The first-order valence-electron chi connectivity index (χ1n) is 10.9. The first kappa shape index (κ1) is 23.8. The molecule has 0 unspecified atom stereocenters. The SMILES string of the molecule is Cc1ccc(-n2nnnc2SCC(=O)N2CCN(CC(=O)Nc3ccc(F)cc3)CC2)cc1C. The smallest absolute Gasteiger partial charge is 0.238 e. The first-order valence-corrected chi connectivity index (χ1v) is 11.9. The molecule has 2 aromatic carbocycles. The number of hydrogen-bond acceptors (Lipinski definition) is 7. The van der Waals surface area contributed by atoms with Crippen LogP contribution >= 0.6 is 11.8 Å². The fraction of sp³-hybridized carbons (Fsp3) is 0.348. The maximum absolute atomic E-state index is 13.0. The zero-order valence-electron chi connectivity index (χ0n) is 19.1. The number of aryl methyl sites for hydroxylation is 2. The lowest BCUT2D eigenvalue weighted by Crippen LogP contribution is -2.50. The quantitative estimate of drug-likeness (QED) is 0.515. The van der Waals surface area contributed by atoms with Crippen molar-refractivity contribution in [2.45, 2.75) is 19.0 Å². The number of nitrogens with one attached hydrogen (secondary N) is 1. The predicted octanol–water partition coefficient (Wildman–Crippen LogP) is 2.29. The number of tetrazole rings is 1. The zero-order valence-corrected chi connectivity index (χ0v) is 19.9. The number of benzene rings is 2. The Morgan fingerprint density at radius 2 is 1.76 bits per heavy atom. The third kappa shape index (κ3) is 5.97. The molecule has 1 aromatic heterocycles. The number of carbonyl (C=O) groups is 2. The topological polar surface area (TPSA) is 96.2 Å². The number of rotatable bonds is 7. The molecular formula is C23H26FN7O2S. The fourth-order valence-electron chi connectivity index (χ4n) is 3.60. The molecule has 1 fully saturated rings. The summed E-state index contributed by atoms with van der Waals surface area (Å²) in [4.78, 5) is 28.8. The van der Waals surface area contributed by atoms with Gasteiger partial charge < -0.3 is 10.2 Å². The van der Waals surface area contributed by atoms with E-state index >= 15 is 0 Å². The Balaban J connectivity index is 1.24. The van der Waals surface area contributed by atoms with Gasteiger partial charge in [-0.3, -0.25) is 14.5 Å². The van der Waals surface area contributed by atoms with Gasteiger partial charge in [-0.1, -0.05) is 17.8 Å². The van der Waals surface area contributed by atoms with Gasteiger partial charge in [0.1, 0.15) is 5.82 Å². The molecule has 178 valence electrons. The summed E-state index contributed by atoms with van der Waals surface area (Å²) in [5.74, 6) is -0.273. The van der Waals surface area contributed by atoms with Crippen LogP contribution in [0.2, 0.25) is 0 Å². The Morgan fingerprint density at radius 1 is 1.03 bits per heavy atom. The maximum Gasteiger partial charge on any atom is 0.238 e. The Morgan fingerprint density at radius 3 is 2.47 bits per heavy atom. The molecule has 0 spiro atoms. The second-order valence-electron chi connectivity index (χ2n) is 8.14. The van der Waals surface area contributed by atoms with Crippen LogP contribution in [0.5, 0.6) is 0 Å². The largest absolute Gasteiger partial charge is 0.339 e. The Hall–Kier alpha value is -3.31. The highest BCUT2D eigenvalue weighted by Gasteiger charge is 2.23. The molecule has 2 heterocycles. The van der Waals surface area contributed by atoms with Crippen molar-refractivity contribution in [3.8, 4) is 5.69 Å². The van der Waals surface area contributed by atoms with Crippen LogP contribution in [0.4, 0.5) is 10.1 Å². The number of hydrogen-bond donors (Lipinski definition) is 1. The van der Waals surface area contributed by atoms with Crippen LogP contribution in [0.15, 0.2) is 47.6 Å². The third-order valence-electron chi connectivity index (χ3n) is 5.72. The average molecular weight is 484 g/mol. The van der Waals surface area contributed by atoms with Gasteiger partial charge in [-0.25, -0.2) is 4.39 Å². The van der Waals surface area contributed by atoms with Crippen molar-refractivity contribution in [2.24, 2.45) is 0 Å². The molecule has 3 aromatic rings. The second kappa shape index (κ2) is 10.7. The Kier molecular flexibility index (Phi) is 7.53. The normalized spacial score (nSPS) is 14.3. The molecule has 0 atom stereocenters. The molecule has 11 heteroatoms. The molecular weight excluding hydrogens is 457 g/mol. The fourth-order valence-corrected chi connectivity index (χ4v) is 4.39. The highest BCUT2D eigenvalue weighted by Crippen LogP contribution is 2.21. The van der Waals surface area contributed by atoms with Gasteiger partial charge in [-0.05, 0) is 71.8 Å². The summed E-state index contributed by atoms with van der Waals surface area (Å²) >= 11 is 1.31. The number of carbonyl (C=O) groups excluding carboxylic acids is 2. The minimum Gasteiger partial charge on any atom is -0.339 e. The molecule has 0 saturated carbocycles. The van der Waals surface area contributed by atoms with Crippen molar-refractivity contribution in [1.29, 1.82) is 0 Å². The molecule has 4 rings (SSSR count). The number of aromatic nitrogens is 4. The van der Waals surface area contributed by atoms with Gasteiger partial charge in [0.05, 0.1) is 18.0 Å². The zero-order chi connectivity index (χ0) is 24.1. The number of halogens is 1. The van der Waals surface area contributed by atoms with Crippen LogP contribution in [-0.2, 0) is 9.59 Å². The lowest BCUT2D eigenvalue weighted by atomic mass is 10.1. The van der Waals surface area contributed by atoms with Crippen LogP contribution < -0.4 is 5.32 Å². The van der Waals surface area contributed by atoms with Gasteiger partial charge in [-0.2, -0.15) is 4.68 Å². The lowest BCUT2D eigenvalue weighted by molar-refractivity contribution is -0.130. The van der Waals surface area contributed by atoms with E-state index in [0.717, 1.165) is 11.3 Å². The van der Waals surface area contributed by atoms with Crippen molar-refractivity contribution >= 4 is 29.3 Å². The third-order valence-corrected chi connectivity index (χ3v) is 6.62. The van der Waals surface area contributed by atoms with E-state index < -0.39 is 0 Å². The first-order chi connectivity index (χ1) is 16.4. The predicted molar refractivity (Wildman–Crippen MR) is 127 cm³/mol. The minimum absolute atomic E-state index is 0.00931. The van der Waals surface area contributed by atoms with Crippen molar-refractivity contribution < 1.29 is 14.0 Å². The van der Waals surface area contributed by atoms with E-state index in [9.17, 15) is 14.0 Å². The van der Waals surface area contributed by atoms with E-state index in [-0.39, 0.29) is 29.9 Å². The van der Waals surface area contributed by atoms with Crippen molar-refractivity contribution in [1.82, 2.24) is 30.0 Å². The number of piperazine rings is 1. The lowest BCUT2D eigenvalue weighted by Gasteiger charge is -2.34. The molecule has 9 nitrogen and oxygen atoms in total. The summed E-state index contributed by atoms with van der Waals surface area (Å²) in [5, 5.41) is 15.2. The van der Waals surface area contributed by atoms with E-state index in [4.69, 9.17) is 0 Å². The number of thioether (sulfide) groups is 1. The molecule has 1 aliphatic rings. The van der Waals surface area contributed by atoms with Gasteiger partial charge in [0.25, 0.3) is 0 Å². The molecule has 0 bridgehead atoms. The summed E-state index contributed by atoms with van der Waals surface area (Å²) < 4.78 is 14.6. The summed E-state index contributed by atoms with van der Waals surface area (Å²) in [6.45, 7) is 6.60.